The Morgan fingerprint density at radius 3 is 2.48 bits per heavy atom. The molecule has 0 saturated heterocycles. The third-order valence-corrected chi connectivity index (χ3v) is 5.07. The summed E-state index contributed by atoms with van der Waals surface area (Å²) < 4.78 is 0. The number of fused-ring (bicyclic) bond motifs is 1. The Labute approximate surface area is 187 Å². The molecule has 0 spiro atoms. The van der Waals surface area contributed by atoms with E-state index in [4.69, 9.17) is 23.2 Å². The Balaban J connectivity index is 1.55. The maximum atomic E-state index is 12.8. The molecule has 0 radical (unpaired) electrons. The smallest absolute Gasteiger partial charge is 0.258 e. The molecule has 2 aromatic carbocycles. The summed E-state index contributed by atoms with van der Waals surface area (Å²) in [6.45, 7) is 0. The molecule has 31 heavy (non-hydrogen) atoms. The molecule has 156 valence electrons. The lowest BCUT2D eigenvalue weighted by Gasteiger charge is -2.13. The molecule has 0 aliphatic carbocycles. The Hall–Kier alpha value is -3.62. The third kappa shape index (κ3) is 4.60. The van der Waals surface area contributed by atoms with Crippen LogP contribution in [-0.4, -0.2) is 26.8 Å². The van der Waals surface area contributed by atoms with E-state index in [2.05, 4.69) is 31.1 Å². The van der Waals surface area contributed by atoms with Crippen LogP contribution < -0.4 is 16.2 Å². The van der Waals surface area contributed by atoms with Gasteiger partial charge in [0.25, 0.3) is 5.91 Å². The summed E-state index contributed by atoms with van der Waals surface area (Å²) in [5.41, 5.74) is 7.97. The number of hydrazine groups is 1. The number of H-pyrrole nitrogens is 1. The van der Waals surface area contributed by atoms with Crippen molar-refractivity contribution in [3.63, 3.8) is 0 Å². The highest BCUT2D eigenvalue weighted by Crippen LogP contribution is 2.29. The predicted molar refractivity (Wildman–Crippen MR) is 120 cm³/mol. The van der Waals surface area contributed by atoms with Crippen LogP contribution in [0.4, 0.5) is 11.4 Å². The summed E-state index contributed by atoms with van der Waals surface area (Å²) in [5, 5.41) is 4.01. The van der Waals surface area contributed by atoms with Crippen molar-refractivity contribution in [2.75, 3.05) is 10.7 Å². The van der Waals surface area contributed by atoms with Crippen LogP contribution in [0.15, 0.2) is 61.2 Å². The number of nitrogens with one attached hydrogen (secondary N) is 4. The molecule has 0 fully saturated rings. The maximum Gasteiger partial charge on any atom is 0.258 e. The number of hydrogen-bond donors (Lipinski definition) is 4. The molecular weight excluding hydrogens is 439 g/mol. The van der Waals surface area contributed by atoms with Crippen LogP contribution in [0.2, 0.25) is 10.0 Å². The quantitative estimate of drug-likeness (QED) is 0.326. The lowest BCUT2D eigenvalue weighted by atomic mass is 10.1. The van der Waals surface area contributed by atoms with E-state index in [1.54, 1.807) is 48.8 Å². The minimum absolute atomic E-state index is 0.124. The van der Waals surface area contributed by atoms with Gasteiger partial charge in [-0.1, -0.05) is 41.4 Å². The second-order valence-electron chi connectivity index (χ2n) is 6.52. The van der Waals surface area contributed by atoms with E-state index >= 15 is 0 Å². The summed E-state index contributed by atoms with van der Waals surface area (Å²) in [5.74, 6) is -0.703. The average molecular weight is 455 g/mol. The monoisotopic (exact) mass is 454 g/mol. The van der Waals surface area contributed by atoms with Gasteiger partial charge >= 0.3 is 0 Å². The van der Waals surface area contributed by atoms with E-state index in [-0.39, 0.29) is 27.9 Å². The number of carbonyl (C=O) groups excluding carboxylic acids is 2. The number of nitrogens with zero attached hydrogens (tertiary/aromatic N) is 2. The van der Waals surface area contributed by atoms with Crippen molar-refractivity contribution in [1.29, 1.82) is 0 Å². The minimum atomic E-state index is -0.449. The van der Waals surface area contributed by atoms with Crippen molar-refractivity contribution >= 4 is 57.3 Å². The molecule has 0 atom stereocenters. The van der Waals surface area contributed by atoms with Gasteiger partial charge in [-0.15, -0.1) is 0 Å². The van der Waals surface area contributed by atoms with Gasteiger partial charge in [0, 0.05) is 17.8 Å². The average Bonchev–Trinajstić information content (AvgIpc) is 3.25. The van der Waals surface area contributed by atoms with Gasteiger partial charge in [-0.05, 0) is 24.3 Å². The van der Waals surface area contributed by atoms with Gasteiger partial charge in [-0.2, -0.15) is 0 Å². The van der Waals surface area contributed by atoms with Crippen molar-refractivity contribution in [3.8, 4) is 0 Å². The molecule has 0 aliphatic rings. The molecule has 2 aromatic heterocycles. The number of rotatable bonds is 6. The standard InChI is InChI=1S/C21H16Cl2N6O2/c22-14-4-2-5-15(23)19(14)21(31)27-17-6-1-3-13-16(7-8-25-20(13)17)28-29-18(30)9-12-10-24-11-26-12/h1-8,10-11H,9H2,(H,24,26)(H,25,28)(H,27,31)(H,29,30). The molecule has 0 bridgehead atoms. The van der Waals surface area contributed by atoms with E-state index in [9.17, 15) is 9.59 Å². The number of halogens is 2. The van der Waals surface area contributed by atoms with Gasteiger partial charge in [0.15, 0.2) is 0 Å². The van der Waals surface area contributed by atoms with Crippen LogP contribution in [0.25, 0.3) is 10.9 Å². The SMILES string of the molecule is O=C(Cc1c[nH]cn1)NNc1ccnc2c(NC(=O)c3c(Cl)cccc3Cl)cccc12. The molecule has 0 saturated carbocycles. The number of pyridine rings is 1. The van der Waals surface area contributed by atoms with Crippen LogP contribution in [0, 0.1) is 0 Å². The van der Waals surface area contributed by atoms with Crippen LogP contribution in [0.3, 0.4) is 0 Å². The second-order valence-corrected chi connectivity index (χ2v) is 7.34. The fourth-order valence-corrected chi connectivity index (χ4v) is 3.59. The summed E-state index contributed by atoms with van der Waals surface area (Å²) in [6.07, 6.45) is 4.86. The molecule has 8 nitrogen and oxygen atoms in total. The minimum Gasteiger partial charge on any atom is -0.351 e. The number of aromatic nitrogens is 3. The maximum absolute atomic E-state index is 12.8. The Morgan fingerprint density at radius 2 is 1.74 bits per heavy atom. The fourth-order valence-electron chi connectivity index (χ4n) is 3.02. The van der Waals surface area contributed by atoms with E-state index in [0.29, 0.717) is 28.0 Å². The first-order valence-electron chi connectivity index (χ1n) is 9.18. The molecular formula is C21H16Cl2N6O2. The van der Waals surface area contributed by atoms with Crippen molar-refractivity contribution in [3.05, 3.63) is 82.5 Å². The number of carbonyl (C=O) groups is 2. The first kappa shape index (κ1) is 20.6. The zero-order valence-corrected chi connectivity index (χ0v) is 17.5. The number of hydrogen-bond acceptors (Lipinski definition) is 5. The Kier molecular flexibility index (Phi) is 6.01. The van der Waals surface area contributed by atoms with Crippen LogP contribution in [-0.2, 0) is 11.2 Å². The van der Waals surface area contributed by atoms with Crippen molar-refractivity contribution in [2.45, 2.75) is 6.42 Å². The number of benzene rings is 2. The van der Waals surface area contributed by atoms with Gasteiger partial charge in [0.05, 0.1) is 50.9 Å². The lowest BCUT2D eigenvalue weighted by molar-refractivity contribution is -0.120. The van der Waals surface area contributed by atoms with E-state index in [1.165, 1.54) is 6.33 Å². The summed E-state index contributed by atoms with van der Waals surface area (Å²) >= 11 is 12.3. The molecule has 10 heteroatoms. The number of imidazole rings is 1. The predicted octanol–water partition coefficient (Wildman–Crippen LogP) is 4.20. The van der Waals surface area contributed by atoms with Gasteiger partial charge < -0.3 is 10.3 Å². The molecule has 0 aliphatic heterocycles. The van der Waals surface area contributed by atoms with E-state index in [1.807, 2.05) is 6.07 Å². The first-order chi connectivity index (χ1) is 15.0. The Bertz CT molecular complexity index is 1240. The second kappa shape index (κ2) is 9.03. The van der Waals surface area contributed by atoms with Gasteiger partial charge in [-0.25, -0.2) is 4.98 Å². The molecule has 4 rings (SSSR count). The third-order valence-electron chi connectivity index (χ3n) is 4.44. The molecule has 4 aromatic rings. The lowest BCUT2D eigenvalue weighted by Crippen LogP contribution is -2.30. The van der Waals surface area contributed by atoms with Gasteiger partial charge in [0.2, 0.25) is 5.91 Å². The normalized spacial score (nSPS) is 10.6. The molecule has 4 N–H and O–H groups in total. The zero-order valence-electron chi connectivity index (χ0n) is 15.9. The summed E-state index contributed by atoms with van der Waals surface area (Å²) in [4.78, 5) is 36.1. The van der Waals surface area contributed by atoms with Crippen molar-refractivity contribution in [2.24, 2.45) is 0 Å². The number of amides is 2. The molecule has 0 unspecified atom stereocenters. The highest BCUT2D eigenvalue weighted by Gasteiger charge is 2.16. The summed E-state index contributed by atoms with van der Waals surface area (Å²) in [7, 11) is 0. The van der Waals surface area contributed by atoms with Gasteiger partial charge in [-0.3, -0.25) is 25.4 Å². The van der Waals surface area contributed by atoms with Crippen LogP contribution in [0.1, 0.15) is 16.1 Å². The van der Waals surface area contributed by atoms with Crippen LogP contribution >= 0.6 is 23.2 Å². The highest BCUT2D eigenvalue weighted by molar-refractivity contribution is 6.40. The number of anilines is 2. The fraction of sp³-hybridized carbons (Fsp3) is 0.0476. The van der Waals surface area contributed by atoms with Crippen LogP contribution in [0.5, 0.6) is 0 Å². The summed E-state index contributed by atoms with van der Waals surface area (Å²) in [6, 6.07) is 11.9. The van der Waals surface area contributed by atoms with Crippen molar-refractivity contribution < 1.29 is 9.59 Å². The van der Waals surface area contributed by atoms with Gasteiger partial charge in [0.1, 0.15) is 0 Å². The molecule has 2 heterocycles. The zero-order chi connectivity index (χ0) is 21.8. The first-order valence-corrected chi connectivity index (χ1v) is 9.94. The van der Waals surface area contributed by atoms with E-state index in [0.717, 1.165) is 0 Å². The number of para-hydroxylation sites is 1. The number of aromatic amines is 1. The van der Waals surface area contributed by atoms with Crippen molar-refractivity contribution in [1.82, 2.24) is 20.4 Å². The largest absolute Gasteiger partial charge is 0.351 e. The highest BCUT2D eigenvalue weighted by atomic mass is 35.5. The topological polar surface area (TPSA) is 112 Å². The van der Waals surface area contributed by atoms with E-state index < -0.39 is 5.91 Å². The molecule has 2 amide bonds. The Morgan fingerprint density at radius 1 is 0.968 bits per heavy atom.